The van der Waals surface area contributed by atoms with Crippen LogP contribution in [0.1, 0.15) is 26.7 Å². The lowest BCUT2D eigenvalue weighted by Gasteiger charge is -2.19. The molecule has 1 aromatic carbocycles. The van der Waals surface area contributed by atoms with Crippen LogP contribution < -0.4 is 4.90 Å². The molecule has 1 aliphatic rings. The van der Waals surface area contributed by atoms with Gasteiger partial charge in [-0.25, -0.2) is 4.79 Å². The molecule has 3 nitrogen and oxygen atoms in total. The maximum Gasteiger partial charge on any atom is 0.333 e. The summed E-state index contributed by atoms with van der Waals surface area (Å²) in [6, 6.07) is 8.25. The molecule has 1 aromatic rings. The third kappa shape index (κ3) is 3.32. The number of anilines is 1. The minimum atomic E-state index is -0.265. The van der Waals surface area contributed by atoms with Crippen molar-refractivity contribution in [2.45, 2.75) is 31.6 Å². The highest BCUT2D eigenvalue weighted by atomic mass is 32.2. The van der Waals surface area contributed by atoms with Gasteiger partial charge in [0.25, 0.3) is 0 Å². The fourth-order valence-electron chi connectivity index (χ4n) is 1.99. The van der Waals surface area contributed by atoms with Crippen molar-refractivity contribution in [1.29, 1.82) is 0 Å². The number of nitrogens with zero attached hydrogens (tertiary/aromatic N) is 1. The van der Waals surface area contributed by atoms with Crippen molar-refractivity contribution >= 4 is 23.4 Å². The molecule has 19 heavy (non-hydrogen) atoms. The molecule has 0 amide bonds. The average molecular weight is 277 g/mol. The summed E-state index contributed by atoms with van der Waals surface area (Å²) in [5, 5.41) is 0.966. The maximum atomic E-state index is 11.6. The maximum absolute atomic E-state index is 11.6. The van der Waals surface area contributed by atoms with E-state index in [1.165, 1.54) is 10.6 Å². The molecule has 0 fully saturated rings. The molecule has 102 valence electrons. The number of carbonyl (C=O) groups is 1. The van der Waals surface area contributed by atoms with Crippen LogP contribution in [0.3, 0.4) is 0 Å². The first-order chi connectivity index (χ1) is 9.26. The van der Waals surface area contributed by atoms with Crippen molar-refractivity contribution in [2.75, 3.05) is 18.1 Å². The Hall–Kier alpha value is -1.42. The molecule has 0 spiro atoms. The summed E-state index contributed by atoms with van der Waals surface area (Å²) in [5.74, 6) is -0.265. The van der Waals surface area contributed by atoms with Gasteiger partial charge in [0, 0.05) is 11.4 Å². The number of benzene rings is 1. The highest BCUT2D eigenvalue weighted by Gasteiger charge is 2.24. The van der Waals surface area contributed by atoms with Crippen molar-refractivity contribution in [1.82, 2.24) is 0 Å². The minimum absolute atomic E-state index is 0.265. The number of para-hydroxylation sites is 1. The highest BCUT2D eigenvalue weighted by Crippen LogP contribution is 2.45. The first kappa shape index (κ1) is 14.0. The molecule has 0 radical (unpaired) electrons. The van der Waals surface area contributed by atoms with Gasteiger partial charge in [-0.15, -0.1) is 0 Å². The Morgan fingerprint density at radius 2 is 2.16 bits per heavy atom. The fraction of sp³-hybridized carbons (Fsp3) is 0.400. The second-order valence-corrected chi connectivity index (χ2v) is 5.37. The molecule has 1 aliphatic heterocycles. The van der Waals surface area contributed by atoms with E-state index in [2.05, 4.69) is 24.0 Å². The van der Waals surface area contributed by atoms with Gasteiger partial charge in [-0.2, -0.15) is 0 Å². The van der Waals surface area contributed by atoms with E-state index in [9.17, 15) is 4.79 Å². The van der Waals surface area contributed by atoms with Gasteiger partial charge in [0.05, 0.1) is 23.4 Å². The van der Waals surface area contributed by atoms with Crippen LogP contribution in [-0.2, 0) is 9.53 Å². The van der Waals surface area contributed by atoms with Crippen molar-refractivity contribution in [2.24, 2.45) is 0 Å². The van der Waals surface area contributed by atoms with E-state index in [1.54, 1.807) is 17.8 Å². The smallest absolute Gasteiger partial charge is 0.333 e. The highest BCUT2D eigenvalue weighted by molar-refractivity contribution is 8.03. The van der Waals surface area contributed by atoms with Crippen LogP contribution in [0.25, 0.3) is 0 Å². The summed E-state index contributed by atoms with van der Waals surface area (Å²) >= 11 is 1.64. The molecule has 0 bridgehead atoms. The normalized spacial score (nSPS) is 15.7. The van der Waals surface area contributed by atoms with Gasteiger partial charge in [0.1, 0.15) is 0 Å². The lowest BCUT2D eigenvalue weighted by Crippen LogP contribution is -2.20. The molecule has 2 rings (SSSR count). The molecule has 0 saturated carbocycles. The summed E-state index contributed by atoms with van der Waals surface area (Å²) in [6.07, 6.45) is 3.84. The largest absolute Gasteiger partial charge is 0.463 e. The van der Waals surface area contributed by atoms with Crippen molar-refractivity contribution in [3.63, 3.8) is 0 Å². The monoisotopic (exact) mass is 277 g/mol. The molecule has 0 atom stereocenters. The van der Waals surface area contributed by atoms with E-state index < -0.39 is 0 Å². The Labute approximate surface area is 118 Å². The van der Waals surface area contributed by atoms with Gasteiger partial charge in [-0.05, 0) is 25.5 Å². The fourth-order valence-corrected chi connectivity index (χ4v) is 3.10. The summed E-state index contributed by atoms with van der Waals surface area (Å²) in [4.78, 5) is 15.0. The number of ether oxygens (including phenoxy) is 1. The van der Waals surface area contributed by atoms with Crippen LogP contribution in [-0.4, -0.2) is 19.1 Å². The molecule has 0 unspecified atom stereocenters. The van der Waals surface area contributed by atoms with Gasteiger partial charge in [-0.3, -0.25) is 0 Å². The summed E-state index contributed by atoms with van der Waals surface area (Å²) < 4.78 is 5.00. The second-order valence-electron chi connectivity index (χ2n) is 4.31. The van der Waals surface area contributed by atoms with Gasteiger partial charge >= 0.3 is 5.97 Å². The van der Waals surface area contributed by atoms with E-state index in [-0.39, 0.29) is 5.97 Å². The van der Waals surface area contributed by atoms with Gasteiger partial charge in [0.15, 0.2) is 0 Å². The molecular formula is C15H19NO2S. The lowest BCUT2D eigenvalue weighted by atomic mass is 10.2. The Morgan fingerprint density at radius 1 is 1.37 bits per heavy atom. The predicted molar refractivity (Wildman–Crippen MR) is 79.3 cm³/mol. The zero-order valence-corrected chi connectivity index (χ0v) is 12.2. The SMILES string of the molecule is CCCCN1/C(=C/C(=O)OCC)Sc2ccccc21. The summed E-state index contributed by atoms with van der Waals surface area (Å²) in [5.41, 5.74) is 1.19. The quantitative estimate of drug-likeness (QED) is 0.605. The van der Waals surface area contributed by atoms with Gasteiger partial charge < -0.3 is 9.64 Å². The summed E-state index contributed by atoms with van der Waals surface area (Å²) in [6.45, 7) is 5.34. The van der Waals surface area contributed by atoms with Crippen molar-refractivity contribution in [3.05, 3.63) is 35.4 Å². The van der Waals surface area contributed by atoms with E-state index in [4.69, 9.17) is 4.74 Å². The molecule has 0 aliphatic carbocycles. The average Bonchev–Trinajstić information content (AvgIpc) is 2.74. The van der Waals surface area contributed by atoms with Crippen LogP contribution in [0.2, 0.25) is 0 Å². The zero-order chi connectivity index (χ0) is 13.7. The minimum Gasteiger partial charge on any atom is -0.463 e. The van der Waals surface area contributed by atoms with Crippen LogP contribution >= 0.6 is 11.8 Å². The first-order valence-corrected chi connectivity index (χ1v) is 7.50. The number of esters is 1. The van der Waals surface area contributed by atoms with Crippen molar-refractivity contribution in [3.8, 4) is 0 Å². The molecule has 1 heterocycles. The molecular weight excluding hydrogens is 258 g/mol. The summed E-state index contributed by atoms with van der Waals surface area (Å²) in [7, 11) is 0. The second kappa shape index (κ2) is 6.66. The lowest BCUT2D eigenvalue weighted by molar-refractivity contribution is -0.137. The Kier molecular flexibility index (Phi) is 4.91. The third-order valence-corrected chi connectivity index (χ3v) is 4.01. The topological polar surface area (TPSA) is 29.5 Å². The van der Waals surface area contributed by atoms with Crippen LogP contribution in [0.15, 0.2) is 40.3 Å². The van der Waals surface area contributed by atoms with Crippen molar-refractivity contribution < 1.29 is 9.53 Å². The zero-order valence-electron chi connectivity index (χ0n) is 11.4. The van der Waals surface area contributed by atoms with Crippen LogP contribution in [0.5, 0.6) is 0 Å². The van der Waals surface area contributed by atoms with E-state index >= 15 is 0 Å². The van der Waals surface area contributed by atoms with E-state index in [0.717, 1.165) is 24.4 Å². The molecule has 4 heteroatoms. The Bertz CT molecular complexity index is 485. The van der Waals surface area contributed by atoms with Gasteiger partial charge in [0.2, 0.25) is 0 Å². The predicted octanol–water partition coefficient (Wildman–Crippen LogP) is 3.80. The van der Waals surface area contributed by atoms with Gasteiger partial charge in [-0.1, -0.05) is 37.2 Å². The molecule has 0 aromatic heterocycles. The molecule has 0 N–H and O–H groups in total. The number of unbranched alkanes of at least 4 members (excludes halogenated alkanes) is 1. The number of carbonyl (C=O) groups excluding carboxylic acids is 1. The number of hydrogen-bond donors (Lipinski definition) is 0. The number of thioether (sulfide) groups is 1. The third-order valence-electron chi connectivity index (χ3n) is 2.90. The Morgan fingerprint density at radius 3 is 2.89 bits per heavy atom. The number of fused-ring (bicyclic) bond motifs is 1. The van der Waals surface area contributed by atoms with E-state index in [1.807, 2.05) is 19.1 Å². The van der Waals surface area contributed by atoms with E-state index in [0.29, 0.717) is 6.61 Å². The van der Waals surface area contributed by atoms with Crippen LogP contribution in [0.4, 0.5) is 5.69 Å². The standard InChI is InChI=1S/C15H19NO2S/c1-3-5-10-16-12-8-6-7-9-13(12)19-14(16)11-15(17)18-4-2/h6-9,11H,3-5,10H2,1-2H3/b14-11-. The van der Waals surface area contributed by atoms with Crippen LogP contribution in [0, 0.1) is 0 Å². The molecule has 0 saturated heterocycles. The number of rotatable bonds is 5. The first-order valence-electron chi connectivity index (χ1n) is 6.69. The Balaban J connectivity index is 2.22. The number of hydrogen-bond acceptors (Lipinski definition) is 4.